The molecule has 0 aliphatic carbocycles. The molecule has 3 rings (SSSR count). The van der Waals surface area contributed by atoms with Crippen LogP contribution in [0.15, 0.2) is 48.5 Å². The van der Waals surface area contributed by atoms with Crippen LogP contribution in [-0.2, 0) is 0 Å². The van der Waals surface area contributed by atoms with Gasteiger partial charge in [0.25, 0.3) is 5.91 Å². The van der Waals surface area contributed by atoms with E-state index in [0.717, 1.165) is 11.3 Å². The second kappa shape index (κ2) is 7.09. The van der Waals surface area contributed by atoms with Crippen molar-refractivity contribution in [3.63, 3.8) is 0 Å². The second-order valence-electron chi connectivity index (χ2n) is 6.70. The van der Waals surface area contributed by atoms with Crippen molar-refractivity contribution in [2.45, 2.75) is 13.8 Å². The van der Waals surface area contributed by atoms with E-state index < -0.39 is 0 Å². The average molecular weight is 337 g/mol. The molecule has 0 bridgehead atoms. The summed E-state index contributed by atoms with van der Waals surface area (Å²) in [5.41, 5.74) is 2.35. The van der Waals surface area contributed by atoms with Crippen LogP contribution in [0, 0.1) is 18.8 Å². The molecular weight excluding hydrogens is 314 g/mol. The highest BCUT2D eigenvalue weighted by Crippen LogP contribution is 2.28. The zero-order valence-electron chi connectivity index (χ0n) is 14.9. The summed E-state index contributed by atoms with van der Waals surface area (Å²) in [5.74, 6) is 0.807. The number of ether oxygens (including phenoxy) is 1. The van der Waals surface area contributed by atoms with Crippen LogP contribution in [0.4, 0.5) is 0 Å². The Balaban J connectivity index is 1.75. The molecule has 0 N–H and O–H groups in total. The van der Waals surface area contributed by atoms with Crippen LogP contribution in [-0.4, -0.2) is 36.8 Å². The van der Waals surface area contributed by atoms with Crippen LogP contribution in [0.5, 0.6) is 5.75 Å². The van der Waals surface area contributed by atoms with Gasteiger partial charge in [-0.2, -0.15) is 0 Å². The van der Waals surface area contributed by atoms with Crippen molar-refractivity contribution in [1.82, 2.24) is 4.90 Å². The third-order valence-electron chi connectivity index (χ3n) is 4.99. The molecule has 4 nitrogen and oxygen atoms in total. The third-order valence-corrected chi connectivity index (χ3v) is 4.99. The number of carbonyl (C=O) groups is 2. The Bertz CT molecular complexity index is 782. The molecule has 0 aromatic heterocycles. The van der Waals surface area contributed by atoms with E-state index in [1.54, 1.807) is 36.3 Å². The topological polar surface area (TPSA) is 46.6 Å². The predicted octanol–water partition coefficient (Wildman–Crippen LogP) is 3.59. The van der Waals surface area contributed by atoms with Crippen LogP contribution in [0.2, 0.25) is 0 Å². The molecule has 1 fully saturated rings. The van der Waals surface area contributed by atoms with Crippen molar-refractivity contribution in [2.24, 2.45) is 11.8 Å². The maximum Gasteiger partial charge on any atom is 0.254 e. The second-order valence-corrected chi connectivity index (χ2v) is 6.70. The number of amides is 1. The molecule has 1 saturated heterocycles. The van der Waals surface area contributed by atoms with E-state index in [9.17, 15) is 9.59 Å². The maximum absolute atomic E-state index is 12.8. The van der Waals surface area contributed by atoms with Gasteiger partial charge in [-0.15, -0.1) is 0 Å². The molecule has 4 heteroatoms. The third kappa shape index (κ3) is 3.43. The van der Waals surface area contributed by atoms with Gasteiger partial charge in [-0.05, 0) is 48.7 Å². The number of ketones is 1. The van der Waals surface area contributed by atoms with E-state index in [1.165, 1.54) is 0 Å². The van der Waals surface area contributed by atoms with Gasteiger partial charge < -0.3 is 9.64 Å². The maximum atomic E-state index is 12.8. The van der Waals surface area contributed by atoms with Crippen LogP contribution in [0.25, 0.3) is 0 Å². The summed E-state index contributed by atoms with van der Waals surface area (Å²) in [6.45, 7) is 5.06. The van der Waals surface area contributed by atoms with Gasteiger partial charge in [-0.25, -0.2) is 0 Å². The van der Waals surface area contributed by atoms with E-state index in [4.69, 9.17) is 4.74 Å². The molecule has 2 atom stereocenters. The first kappa shape index (κ1) is 17.2. The van der Waals surface area contributed by atoms with Crippen molar-refractivity contribution in [2.75, 3.05) is 20.2 Å². The van der Waals surface area contributed by atoms with Gasteiger partial charge >= 0.3 is 0 Å². The monoisotopic (exact) mass is 337 g/mol. The first-order chi connectivity index (χ1) is 12.0. The first-order valence-electron chi connectivity index (χ1n) is 8.54. The predicted molar refractivity (Wildman–Crippen MR) is 97.1 cm³/mol. The van der Waals surface area contributed by atoms with Gasteiger partial charge in [0.2, 0.25) is 0 Å². The number of carbonyl (C=O) groups excluding carboxylic acids is 2. The van der Waals surface area contributed by atoms with Gasteiger partial charge in [-0.3, -0.25) is 9.59 Å². The van der Waals surface area contributed by atoms with Gasteiger partial charge in [-0.1, -0.05) is 25.1 Å². The summed E-state index contributed by atoms with van der Waals surface area (Å²) in [5, 5.41) is 0. The Hall–Kier alpha value is -2.62. The van der Waals surface area contributed by atoms with Crippen molar-refractivity contribution in [3.05, 3.63) is 65.2 Å². The smallest absolute Gasteiger partial charge is 0.254 e. The van der Waals surface area contributed by atoms with Gasteiger partial charge in [0.1, 0.15) is 5.75 Å². The summed E-state index contributed by atoms with van der Waals surface area (Å²) < 4.78 is 5.14. The van der Waals surface area contributed by atoms with E-state index in [2.05, 4.69) is 0 Å². The number of benzene rings is 2. The zero-order chi connectivity index (χ0) is 18.0. The van der Waals surface area contributed by atoms with Crippen molar-refractivity contribution >= 4 is 11.7 Å². The van der Waals surface area contributed by atoms with E-state index in [0.29, 0.717) is 24.2 Å². The summed E-state index contributed by atoms with van der Waals surface area (Å²) in [4.78, 5) is 27.5. The highest BCUT2D eigenvalue weighted by atomic mass is 16.5. The minimum absolute atomic E-state index is 0.00924. The Morgan fingerprint density at radius 2 is 1.72 bits per heavy atom. The lowest BCUT2D eigenvalue weighted by atomic mass is 9.90. The average Bonchev–Trinajstić information content (AvgIpc) is 3.03. The highest BCUT2D eigenvalue weighted by Gasteiger charge is 2.37. The minimum Gasteiger partial charge on any atom is -0.497 e. The van der Waals surface area contributed by atoms with Gasteiger partial charge in [0.05, 0.1) is 7.11 Å². The molecule has 2 aromatic rings. The summed E-state index contributed by atoms with van der Waals surface area (Å²) >= 11 is 0. The van der Waals surface area contributed by atoms with Crippen LogP contribution >= 0.6 is 0 Å². The van der Waals surface area contributed by atoms with Crippen LogP contribution in [0.3, 0.4) is 0 Å². The Kier molecular flexibility index (Phi) is 4.88. The molecular formula is C21H23NO3. The number of likely N-dealkylation sites (tertiary alicyclic amines) is 1. The van der Waals surface area contributed by atoms with Crippen molar-refractivity contribution in [1.29, 1.82) is 0 Å². The van der Waals surface area contributed by atoms with E-state index >= 15 is 0 Å². The molecule has 130 valence electrons. The van der Waals surface area contributed by atoms with E-state index in [-0.39, 0.29) is 23.5 Å². The molecule has 0 spiro atoms. The first-order valence-corrected chi connectivity index (χ1v) is 8.54. The number of aryl methyl sites for hydroxylation is 1. The Morgan fingerprint density at radius 3 is 2.36 bits per heavy atom. The Labute approximate surface area is 148 Å². The molecule has 2 aromatic carbocycles. The largest absolute Gasteiger partial charge is 0.497 e. The molecule has 1 heterocycles. The fraction of sp³-hybridized carbons (Fsp3) is 0.333. The molecule has 0 radical (unpaired) electrons. The van der Waals surface area contributed by atoms with E-state index in [1.807, 2.05) is 38.1 Å². The number of rotatable bonds is 4. The number of nitrogens with zero attached hydrogens (tertiary/aromatic N) is 1. The molecule has 0 saturated carbocycles. The summed E-state index contributed by atoms with van der Waals surface area (Å²) in [6, 6.07) is 14.8. The quantitative estimate of drug-likeness (QED) is 0.801. The number of methoxy groups -OCH3 is 1. The Morgan fingerprint density at radius 1 is 1.04 bits per heavy atom. The minimum atomic E-state index is -0.165. The van der Waals surface area contributed by atoms with Gasteiger partial charge in [0, 0.05) is 30.1 Å². The van der Waals surface area contributed by atoms with Crippen molar-refractivity contribution in [3.8, 4) is 5.75 Å². The molecule has 25 heavy (non-hydrogen) atoms. The lowest BCUT2D eigenvalue weighted by molar-refractivity contribution is 0.0779. The number of hydrogen-bond donors (Lipinski definition) is 0. The highest BCUT2D eigenvalue weighted by molar-refractivity contribution is 6.00. The van der Waals surface area contributed by atoms with Crippen molar-refractivity contribution < 1.29 is 14.3 Å². The lowest BCUT2D eigenvalue weighted by Crippen LogP contribution is -2.30. The fourth-order valence-corrected chi connectivity index (χ4v) is 3.43. The molecule has 1 aliphatic heterocycles. The molecule has 1 aliphatic rings. The number of hydrogen-bond acceptors (Lipinski definition) is 3. The van der Waals surface area contributed by atoms with Crippen LogP contribution < -0.4 is 4.74 Å². The molecule has 0 unspecified atom stereocenters. The lowest BCUT2D eigenvalue weighted by Gasteiger charge is -2.17. The summed E-state index contributed by atoms with van der Waals surface area (Å²) in [6.07, 6.45) is 0. The SMILES string of the molecule is COc1ccc(C(=O)[C@@H]2CN(C(=O)c3ccccc3C)C[C@H]2C)cc1. The molecule has 1 amide bonds. The normalized spacial score (nSPS) is 19.7. The zero-order valence-corrected chi connectivity index (χ0v) is 14.9. The van der Waals surface area contributed by atoms with Gasteiger partial charge in [0.15, 0.2) is 5.78 Å². The summed E-state index contributed by atoms with van der Waals surface area (Å²) in [7, 11) is 1.60. The number of Topliss-reactive ketones (excluding diaryl/α,β-unsaturated/α-hetero) is 1. The fourth-order valence-electron chi connectivity index (χ4n) is 3.43. The van der Waals surface area contributed by atoms with Crippen LogP contribution in [0.1, 0.15) is 33.2 Å². The standard InChI is InChI=1S/C21H23NO3/c1-14-6-4-5-7-18(14)21(24)22-12-15(2)19(13-22)20(23)16-8-10-17(25-3)11-9-16/h4-11,15,19H,12-13H2,1-3H3/t15-,19-/m1/s1.